The Kier molecular flexibility index (Phi) is 4.60. The molecule has 0 spiro atoms. The molecule has 1 N–H and O–H groups in total. The number of nitriles is 1. The molecule has 0 aliphatic carbocycles. The van der Waals surface area contributed by atoms with Crippen molar-refractivity contribution in [2.45, 2.75) is 19.4 Å². The van der Waals surface area contributed by atoms with Crippen LogP contribution in [0.5, 0.6) is 5.75 Å². The Morgan fingerprint density at radius 1 is 1.56 bits per heavy atom. The van der Waals surface area contributed by atoms with E-state index in [2.05, 4.69) is 11.4 Å². The minimum atomic E-state index is -0.0574. The van der Waals surface area contributed by atoms with Crippen molar-refractivity contribution in [3.8, 4) is 11.8 Å². The van der Waals surface area contributed by atoms with Gasteiger partial charge in [-0.25, -0.2) is 0 Å². The largest absolute Gasteiger partial charge is 0.496 e. The van der Waals surface area contributed by atoms with Gasteiger partial charge in [0.25, 0.3) is 0 Å². The predicted octanol–water partition coefficient (Wildman–Crippen LogP) is 2.83. The number of methoxy groups -OCH3 is 1. The van der Waals surface area contributed by atoms with Gasteiger partial charge in [0.05, 0.1) is 19.6 Å². The summed E-state index contributed by atoms with van der Waals surface area (Å²) in [7, 11) is 3.43. The third kappa shape index (κ3) is 2.66. The predicted molar refractivity (Wildman–Crippen MR) is 64.8 cm³/mol. The van der Waals surface area contributed by atoms with Gasteiger partial charge in [0, 0.05) is 16.6 Å². The Hall–Kier alpha value is -1.24. The molecular weight excluding hydrogens is 224 g/mol. The molecule has 0 aliphatic heterocycles. The molecule has 1 rings (SSSR count). The summed E-state index contributed by atoms with van der Waals surface area (Å²) in [6.45, 7) is 1.92. The molecule has 1 atom stereocenters. The number of halogens is 1. The summed E-state index contributed by atoms with van der Waals surface area (Å²) in [5, 5.41) is 12.5. The first-order valence-corrected chi connectivity index (χ1v) is 5.40. The van der Waals surface area contributed by atoms with Crippen LogP contribution in [-0.2, 0) is 0 Å². The van der Waals surface area contributed by atoms with Crippen LogP contribution in [0.2, 0.25) is 5.02 Å². The average Bonchev–Trinajstić information content (AvgIpc) is 2.29. The van der Waals surface area contributed by atoms with Crippen molar-refractivity contribution in [1.29, 1.82) is 5.26 Å². The van der Waals surface area contributed by atoms with Crippen LogP contribution in [0.3, 0.4) is 0 Å². The van der Waals surface area contributed by atoms with Crippen LogP contribution < -0.4 is 10.1 Å². The van der Waals surface area contributed by atoms with Crippen molar-refractivity contribution in [2.75, 3.05) is 14.2 Å². The van der Waals surface area contributed by atoms with E-state index in [9.17, 15) is 0 Å². The van der Waals surface area contributed by atoms with Crippen molar-refractivity contribution in [3.05, 3.63) is 28.3 Å². The number of hydrogen-bond donors (Lipinski definition) is 1. The SMILES string of the molecule is CNC(CC#N)c1cc(Cl)c(C)cc1OC. The molecule has 0 bridgehead atoms. The van der Waals surface area contributed by atoms with Gasteiger partial charge in [-0.05, 0) is 31.7 Å². The summed E-state index contributed by atoms with van der Waals surface area (Å²) in [6.07, 6.45) is 0.381. The number of rotatable bonds is 4. The molecule has 0 amide bonds. The summed E-state index contributed by atoms with van der Waals surface area (Å²) < 4.78 is 5.30. The zero-order chi connectivity index (χ0) is 12.1. The van der Waals surface area contributed by atoms with Crippen molar-refractivity contribution in [3.63, 3.8) is 0 Å². The van der Waals surface area contributed by atoms with Crippen LogP contribution in [0.1, 0.15) is 23.6 Å². The summed E-state index contributed by atoms with van der Waals surface area (Å²) in [4.78, 5) is 0. The smallest absolute Gasteiger partial charge is 0.124 e. The lowest BCUT2D eigenvalue weighted by molar-refractivity contribution is 0.401. The molecule has 16 heavy (non-hydrogen) atoms. The molecule has 0 aliphatic rings. The Balaban J connectivity index is 3.20. The lowest BCUT2D eigenvalue weighted by Crippen LogP contribution is -2.16. The summed E-state index contributed by atoms with van der Waals surface area (Å²) in [6, 6.07) is 5.83. The second-order valence-corrected chi connectivity index (χ2v) is 3.95. The fourth-order valence-corrected chi connectivity index (χ4v) is 1.75. The third-order valence-electron chi connectivity index (χ3n) is 2.53. The molecule has 0 saturated heterocycles. The van der Waals surface area contributed by atoms with Gasteiger partial charge in [-0.1, -0.05) is 11.6 Å². The van der Waals surface area contributed by atoms with Crippen LogP contribution >= 0.6 is 11.6 Å². The Labute approximate surface area is 101 Å². The minimum Gasteiger partial charge on any atom is -0.496 e. The molecule has 0 aromatic heterocycles. The van der Waals surface area contributed by atoms with Gasteiger partial charge in [0.1, 0.15) is 5.75 Å². The number of benzene rings is 1. The standard InChI is InChI=1S/C12H15ClN2O/c1-8-6-12(16-3)9(7-10(8)13)11(15-2)4-5-14/h6-7,11,15H,4H2,1-3H3. The average molecular weight is 239 g/mol. The van der Waals surface area contributed by atoms with Gasteiger partial charge in [0.2, 0.25) is 0 Å². The fourth-order valence-electron chi connectivity index (χ4n) is 1.58. The summed E-state index contributed by atoms with van der Waals surface area (Å²) >= 11 is 6.08. The maximum absolute atomic E-state index is 8.75. The third-order valence-corrected chi connectivity index (χ3v) is 2.94. The van der Waals surface area contributed by atoms with Gasteiger partial charge in [-0.3, -0.25) is 0 Å². The molecule has 0 fully saturated rings. The van der Waals surface area contributed by atoms with Gasteiger partial charge >= 0.3 is 0 Å². The van der Waals surface area contributed by atoms with E-state index in [1.807, 2.05) is 26.1 Å². The van der Waals surface area contributed by atoms with Gasteiger partial charge in [0.15, 0.2) is 0 Å². The highest BCUT2D eigenvalue weighted by molar-refractivity contribution is 6.31. The van der Waals surface area contributed by atoms with Crippen LogP contribution in [0.15, 0.2) is 12.1 Å². The van der Waals surface area contributed by atoms with E-state index in [0.29, 0.717) is 11.4 Å². The molecule has 86 valence electrons. The lowest BCUT2D eigenvalue weighted by Gasteiger charge is -2.18. The maximum Gasteiger partial charge on any atom is 0.124 e. The lowest BCUT2D eigenvalue weighted by atomic mass is 10.0. The minimum absolute atomic E-state index is 0.0574. The molecule has 0 saturated carbocycles. The monoisotopic (exact) mass is 238 g/mol. The quantitative estimate of drug-likeness (QED) is 0.877. The molecule has 1 unspecified atom stereocenters. The Morgan fingerprint density at radius 2 is 2.25 bits per heavy atom. The molecule has 3 nitrogen and oxygen atoms in total. The molecular formula is C12H15ClN2O. The van der Waals surface area contributed by atoms with Crippen LogP contribution in [-0.4, -0.2) is 14.2 Å². The first kappa shape index (κ1) is 12.8. The van der Waals surface area contributed by atoms with Crippen molar-refractivity contribution in [1.82, 2.24) is 5.32 Å². The normalized spacial score (nSPS) is 11.9. The van der Waals surface area contributed by atoms with E-state index < -0.39 is 0 Å². The topological polar surface area (TPSA) is 45.0 Å². The molecule has 0 radical (unpaired) electrons. The van der Waals surface area contributed by atoms with E-state index in [4.69, 9.17) is 21.6 Å². The van der Waals surface area contributed by atoms with E-state index in [0.717, 1.165) is 16.9 Å². The first-order valence-electron chi connectivity index (χ1n) is 5.02. The summed E-state index contributed by atoms with van der Waals surface area (Å²) in [5.74, 6) is 0.761. The van der Waals surface area contributed by atoms with Crippen molar-refractivity contribution >= 4 is 11.6 Å². The number of nitrogens with zero attached hydrogens (tertiary/aromatic N) is 1. The highest BCUT2D eigenvalue weighted by Crippen LogP contribution is 2.32. The van der Waals surface area contributed by atoms with Crippen molar-refractivity contribution < 1.29 is 4.74 Å². The highest BCUT2D eigenvalue weighted by atomic mass is 35.5. The van der Waals surface area contributed by atoms with E-state index in [1.165, 1.54) is 0 Å². The maximum atomic E-state index is 8.75. The molecule has 1 aromatic carbocycles. The van der Waals surface area contributed by atoms with E-state index in [1.54, 1.807) is 7.11 Å². The van der Waals surface area contributed by atoms with Crippen LogP contribution in [0.25, 0.3) is 0 Å². The van der Waals surface area contributed by atoms with Gasteiger partial charge in [-0.2, -0.15) is 5.26 Å². The fraction of sp³-hybridized carbons (Fsp3) is 0.417. The zero-order valence-electron chi connectivity index (χ0n) is 9.67. The molecule has 1 aromatic rings. The number of aryl methyl sites for hydroxylation is 1. The number of hydrogen-bond acceptors (Lipinski definition) is 3. The number of ether oxygens (including phenoxy) is 1. The van der Waals surface area contributed by atoms with E-state index in [-0.39, 0.29) is 6.04 Å². The highest BCUT2D eigenvalue weighted by Gasteiger charge is 2.15. The Bertz CT molecular complexity index is 412. The molecule has 4 heteroatoms. The zero-order valence-corrected chi connectivity index (χ0v) is 10.4. The van der Waals surface area contributed by atoms with Crippen LogP contribution in [0.4, 0.5) is 0 Å². The number of nitrogens with one attached hydrogen (secondary N) is 1. The van der Waals surface area contributed by atoms with Crippen molar-refractivity contribution in [2.24, 2.45) is 0 Å². The second-order valence-electron chi connectivity index (χ2n) is 3.55. The van der Waals surface area contributed by atoms with Gasteiger partial charge < -0.3 is 10.1 Å². The first-order chi connectivity index (χ1) is 7.63. The van der Waals surface area contributed by atoms with Gasteiger partial charge in [-0.15, -0.1) is 0 Å². The van der Waals surface area contributed by atoms with E-state index >= 15 is 0 Å². The summed E-state index contributed by atoms with van der Waals surface area (Å²) in [5.41, 5.74) is 1.89. The Morgan fingerprint density at radius 3 is 2.75 bits per heavy atom. The van der Waals surface area contributed by atoms with Crippen LogP contribution in [0, 0.1) is 18.3 Å². The second kappa shape index (κ2) is 5.74. The molecule has 0 heterocycles.